The van der Waals surface area contributed by atoms with Crippen molar-refractivity contribution in [2.45, 2.75) is 25.8 Å². The average molecular weight is 300 g/mol. The number of hydrogen-bond donors (Lipinski definition) is 2. The van der Waals surface area contributed by atoms with Crippen molar-refractivity contribution in [1.82, 2.24) is 20.8 Å². The quantitative estimate of drug-likeness (QED) is 0.873. The Balaban J connectivity index is 1.59. The zero-order valence-corrected chi connectivity index (χ0v) is 12.6. The SMILES string of the molecule is CC(NC(=O)C1CCNC1)c1nc(Cc2ccccc2)no1. The smallest absolute Gasteiger partial charge is 0.248 e. The maximum absolute atomic E-state index is 12.1. The first-order valence-corrected chi connectivity index (χ1v) is 7.60. The van der Waals surface area contributed by atoms with Gasteiger partial charge in [0.25, 0.3) is 0 Å². The predicted molar refractivity (Wildman–Crippen MR) is 81.1 cm³/mol. The Morgan fingerprint density at radius 2 is 2.27 bits per heavy atom. The second-order valence-electron chi connectivity index (χ2n) is 5.63. The molecule has 1 aliphatic heterocycles. The van der Waals surface area contributed by atoms with Gasteiger partial charge in [-0.3, -0.25) is 4.79 Å². The molecule has 3 rings (SSSR count). The van der Waals surface area contributed by atoms with Crippen molar-refractivity contribution in [2.24, 2.45) is 5.92 Å². The number of benzene rings is 1. The molecule has 1 saturated heterocycles. The minimum Gasteiger partial charge on any atom is -0.344 e. The zero-order valence-electron chi connectivity index (χ0n) is 12.6. The Morgan fingerprint density at radius 1 is 1.45 bits per heavy atom. The summed E-state index contributed by atoms with van der Waals surface area (Å²) in [7, 11) is 0. The lowest BCUT2D eigenvalue weighted by Crippen LogP contribution is -2.33. The van der Waals surface area contributed by atoms with E-state index in [0.717, 1.165) is 25.1 Å². The molecule has 22 heavy (non-hydrogen) atoms. The molecule has 2 heterocycles. The van der Waals surface area contributed by atoms with Crippen molar-refractivity contribution < 1.29 is 9.32 Å². The van der Waals surface area contributed by atoms with Gasteiger partial charge in [-0.1, -0.05) is 35.5 Å². The van der Waals surface area contributed by atoms with Gasteiger partial charge < -0.3 is 15.2 Å². The minimum absolute atomic E-state index is 0.0363. The van der Waals surface area contributed by atoms with E-state index in [4.69, 9.17) is 4.52 Å². The van der Waals surface area contributed by atoms with E-state index in [2.05, 4.69) is 20.8 Å². The number of rotatable bonds is 5. The van der Waals surface area contributed by atoms with Crippen LogP contribution in [0.25, 0.3) is 0 Å². The first-order chi connectivity index (χ1) is 10.7. The van der Waals surface area contributed by atoms with Gasteiger partial charge in [-0.2, -0.15) is 4.98 Å². The van der Waals surface area contributed by atoms with Gasteiger partial charge in [0.1, 0.15) is 6.04 Å². The Bertz CT molecular complexity index is 620. The van der Waals surface area contributed by atoms with Crippen LogP contribution in [0.15, 0.2) is 34.9 Å². The highest BCUT2D eigenvalue weighted by Crippen LogP contribution is 2.14. The zero-order chi connectivity index (χ0) is 15.4. The molecule has 2 atom stereocenters. The van der Waals surface area contributed by atoms with Gasteiger partial charge in [0.05, 0.1) is 5.92 Å². The van der Waals surface area contributed by atoms with Crippen molar-refractivity contribution in [1.29, 1.82) is 0 Å². The van der Waals surface area contributed by atoms with Crippen LogP contribution in [0.2, 0.25) is 0 Å². The normalized spacial score (nSPS) is 19.0. The summed E-state index contributed by atoms with van der Waals surface area (Å²) in [6.45, 7) is 3.50. The molecule has 0 spiro atoms. The summed E-state index contributed by atoms with van der Waals surface area (Å²) >= 11 is 0. The molecule has 1 aromatic carbocycles. The van der Waals surface area contributed by atoms with E-state index in [-0.39, 0.29) is 17.9 Å². The van der Waals surface area contributed by atoms with Crippen LogP contribution in [-0.4, -0.2) is 29.1 Å². The predicted octanol–water partition coefficient (Wildman–Crippen LogP) is 1.45. The van der Waals surface area contributed by atoms with E-state index < -0.39 is 0 Å². The van der Waals surface area contributed by atoms with E-state index in [1.165, 1.54) is 0 Å². The minimum atomic E-state index is -0.273. The van der Waals surface area contributed by atoms with Crippen LogP contribution < -0.4 is 10.6 Å². The van der Waals surface area contributed by atoms with Gasteiger partial charge in [-0.15, -0.1) is 0 Å². The van der Waals surface area contributed by atoms with Crippen molar-refractivity contribution in [3.05, 3.63) is 47.6 Å². The number of amides is 1. The molecular formula is C16H20N4O2. The molecule has 2 N–H and O–H groups in total. The topological polar surface area (TPSA) is 80.0 Å². The Hall–Kier alpha value is -2.21. The van der Waals surface area contributed by atoms with Crippen LogP contribution in [0.1, 0.15) is 36.7 Å². The molecule has 0 bridgehead atoms. The maximum Gasteiger partial charge on any atom is 0.248 e. The van der Waals surface area contributed by atoms with Crippen molar-refractivity contribution >= 4 is 5.91 Å². The lowest BCUT2D eigenvalue weighted by atomic mass is 10.1. The largest absolute Gasteiger partial charge is 0.344 e. The second-order valence-corrected chi connectivity index (χ2v) is 5.63. The van der Waals surface area contributed by atoms with Crippen molar-refractivity contribution in [3.63, 3.8) is 0 Å². The fourth-order valence-electron chi connectivity index (χ4n) is 2.57. The molecule has 0 aliphatic carbocycles. The highest BCUT2D eigenvalue weighted by Gasteiger charge is 2.25. The van der Waals surface area contributed by atoms with Gasteiger partial charge in [0.15, 0.2) is 5.82 Å². The number of nitrogens with one attached hydrogen (secondary N) is 2. The summed E-state index contributed by atoms with van der Waals surface area (Å²) in [5.41, 5.74) is 1.13. The lowest BCUT2D eigenvalue weighted by Gasteiger charge is -2.13. The summed E-state index contributed by atoms with van der Waals surface area (Å²) in [6, 6.07) is 9.71. The molecule has 1 fully saturated rings. The van der Waals surface area contributed by atoms with Gasteiger partial charge in [0.2, 0.25) is 11.8 Å². The third kappa shape index (κ3) is 3.51. The Labute approximate surface area is 129 Å². The first-order valence-electron chi connectivity index (χ1n) is 7.60. The van der Waals surface area contributed by atoms with E-state index in [9.17, 15) is 4.79 Å². The van der Waals surface area contributed by atoms with E-state index in [1.54, 1.807) is 0 Å². The molecule has 0 saturated carbocycles. The van der Waals surface area contributed by atoms with E-state index >= 15 is 0 Å². The van der Waals surface area contributed by atoms with Crippen LogP contribution >= 0.6 is 0 Å². The summed E-state index contributed by atoms with van der Waals surface area (Å²) in [4.78, 5) is 16.5. The average Bonchev–Trinajstić information content (AvgIpc) is 3.19. The van der Waals surface area contributed by atoms with E-state index in [1.807, 2.05) is 37.3 Å². The number of nitrogens with zero attached hydrogens (tertiary/aromatic N) is 2. The highest BCUT2D eigenvalue weighted by atomic mass is 16.5. The van der Waals surface area contributed by atoms with Crippen LogP contribution in [-0.2, 0) is 11.2 Å². The second kappa shape index (κ2) is 6.70. The molecule has 2 unspecified atom stereocenters. The molecule has 2 aromatic rings. The number of aromatic nitrogens is 2. The third-order valence-corrected chi connectivity index (χ3v) is 3.85. The number of carbonyl (C=O) groups excluding carboxylic acids is 1. The highest BCUT2D eigenvalue weighted by molar-refractivity contribution is 5.79. The van der Waals surface area contributed by atoms with Gasteiger partial charge in [0, 0.05) is 13.0 Å². The monoisotopic (exact) mass is 300 g/mol. The maximum atomic E-state index is 12.1. The van der Waals surface area contributed by atoms with Crippen LogP contribution in [0.4, 0.5) is 0 Å². The molecule has 1 aliphatic rings. The molecule has 0 radical (unpaired) electrons. The lowest BCUT2D eigenvalue weighted by molar-refractivity contribution is -0.125. The van der Waals surface area contributed by atoms with Crippen molar-refractivity contribution in [3.8, 4) is 0 Å². The molecule has 6 nitrogen and oxygen atoms in total. The van der Waals surface area contributed by atoms with Crippen LogP contribution in [0.3, 0.4) is 0 Å². The van der Waals surface area contributed by atoms with Gasteiger partial charge in [-0.25, -0.2) is 0 Å². The standard InChI is InChI=1S/C16H20N4O2/c1-11(18-15(21)13-7-8-17-10-13)16-19-14(20-22-16)9-12-5-3-2-4-6-12/h2-6,11,13,17H,7-10H2,1H3,(H,18,21). The molecule has 1 aromatic heterocycles. The molecule has 6 heteroatoms. The summed E-state index contributed by atoms with van der Waals surface area (Å²) in [5, 5.41) is 10.1. The third-order valence-electron chi connectivity index (χ3n) is 3.85. The number of carbonyl (C=O) groups is 1. The van der Waals surface area contributed by atoms with Gasteiger partial charge in [-0.05, 0) is 25.5 Å². The Kier molecular flexibility index (Phi) is 4.48. The van der Waals surface area contributed by atoms with Gasteiger partial charge >= 0.3 is 0 Å². The molecular weight excluding hydrogens is 280 g/mol. The Morgan fingerprint density at radius 3 is 3.00 bits per heavy atom. The summed E-state index contributed by atoms with van der Waals surface area (Å²) < 4.78 is 5.27. The van der Waals surface area contributed by atoms with Crippen molar-refractivity contribution in [2.75, 3.05) is 13.1 Å². The fraction of sp³-hybridized carbons (Fsp3) is 0.438. The first kappa shape index (κ1) is 14.7. The fourth-order valence-corrected chi connectivity index (χ4v) is 2.57. The summed E-state index contributed by atoms with van der Waals surface area (Å²) in [6.07, 6.45) is 1.50. The number of hydrogen-bond acceptors (Lipinski definition) is 5. The van der Waals surface area contributed by atoms with Crippen LogP contribution in [0, 0.1) is 5.92 Å². The molecule has 116 valence electrons. The van der Waals surface area contributed by atoms with E-state index in [0.29, 0.717) is 18.1 Å². The summed E-state index contributed by atoms with van der Waals surface area (Å²) in [5.74, 6) is 1.16. The molecule has 1 amide bonds. The van der Waals surface area contributed by atoms with Crippen LogP contribution in [0.5, 0.6) is 0 Å².